The summed E-state index contributed by atoms with van der Waals surface area (Å²) in [7, 11) is 0. The Hall–Kier alpha value is -1.78. The van der Waals surface area contributed by atoms with Gasteiger partial charge in [0.25, 0.3) is 0 Å². The number of halogens is 2. The number of piperidine rings is 1. The Morgan fingerprint density at radius 2 is 1.61 bits per heavy atom. The monoisotopic (exact) mass is 387 g/mol. The molecule has 1 aliphatic heterocycles. The lowest BCUT2D eigenvalue weighted by atomic mass is 9.72. The van der Waals surface area contributed by atoms with Crippen LogP contribution in [-0.2, 0) is 6.42 Å². The largest absolute Gasteiger partial charge is 0.313 e. The second kappa shape index (κ2) is 7.57. The van der Waals surface area contributed by atoms with E-state index >= 15 is 4.39 Å². The van der Waals surface area contributed by atoms with Gasteiger partial charge in [-0.15, -0.1) is 0 Å². The molecule has 1 saturated heterocycles. The van der Waals surface area contributed by atoms with Crippen LogP contribution in [-0.4, -0.2) is 21.3 Å². The SMILES string of the molecule is CCCc1ccc(-c2ccc(C3CC(C)(C)N(O)C(C)(C)C3)c(F)c2)c(F)c1. The van der Waals surface area contributed by atoms with E-state index < -0.39 is 11.1 Å². The molecule has 4 heteroatoms. The van der Waals surface area contributed by atoms with Crippen molar-refractivity contribution in [2.45, 2.75) is 77.3 Å². The van der Waals surface area contributed by atoms with Gasteiger partial charge in [-0.25, -0.2) is 8.78 Å². The van der Waals surface area contributed by atoms with Gasteiger partial charge in [0.2, 0.25) is 0 Å². The van der Waals surface area contributed by atoms with E-state index in [2.05, 4.69) is 6.92 Å². The zero-order chi connectivity index (χ0) is 20.7. The number of benzene rings is 2. The average molecular weight is 388 g/mol. The van der Waals surface area contributed by atoms with Crippen LogP contribution >= 0.6 is 0 Å². The Bertz CT molecular complexity index is 842. The smallest absolute Gasteiger partial charge is 0.131 e. The van der Waals surface area contributed by atoms with Crippen LogP contribution in [0.15, 0.2) is 36.4 Å². The lowest BCUT2D eigenvalue weighted by Gasteiger charge is -2.51. The maximum atomic E-state index is 15.1. The lowest BCUT2D eigenvalue weighted by molar-refractivity contribution is -0.245. The van der Waals surface area contributed by atoms with Gasteiger partial charge >= 0.3 is 0 Å². The van der Waals surface area contributed by atoms with Gasteiger partial charge in [0.05, 0.1) is 0 Å². The van der Waals surface area contributed by atoms with E-state index in [1.807, 2.05) is 39.8 Å². The summed E-state index contributed by atoms with van der Waals surface area (Å²) in [5, 5.41) is 11.9. The standard InChI is InChI=1S/C24H31F2NO/c1-6-7-16-8-10-19(21(25)12-16)17-9-11-20(22(26)13-17)18-14-23(2,3)27(28)24(4,5)15-18/h8-13,18,28H,6-7,14-15H2,1-5H3. The van der Waals surface area contributed by atoms with Crippen LogP contribution in [0, 0.1) is 11.6 Å². The molecule has 2 nitrogen and oxygen atoms in total. The van der Waals surface area contributed by atoms with Crippen LogP contribution in [0.25, 0.3) is 11.1 Å². The van der Waals surface area contributed by atoms with E-state index in [0.29, 0.717) is 29.5 Å². The van der Waals surface area contributed by atoms with Gasteiger partial charge in [0, 0.05) is 16.6 Å². The maximum absolute atomic E-state index is 15.1. The highest BCUT2D eigenvalue weighted by molar-refractivity contribution is 5.65. The molecule has 1 heterocycles. The molecular formula is C24H31F2NO. The molecule has 0 bridgehead atoms. The van der Waals surface area contributed by atoms with Gasteiger partial charge in [-0.3, -0.25) is 0 Å². The van der Waals surface area contributed by atoms with Crippen LogP contribution in [0.5, 0.6) is 0 Å². The molecule has 1 N–H and O–H groups in total. The number of hydrogen-bond acceptors (Lipinski definition) is 2. The summed E-state index contributed by atoms with van der Waals surface area (Å²) in [6, 6.07) is 10.2. The summed E-state index contributed by atoms with van der Waals surface area (Å²) in [6.45, 7) is 9.95. The maximum Gasteiger partial charge on any atom is 0.131 e. The summed E-state index contributed by atoms with van der Waals surface area (Å²) in [6.07, 6.45) is 3.10. The third-order valence-corrected chi connectivity index (χ3v) is 5.96. The molecule has 0 unspecified atom stereocenters. The molecule has 0 aliphatic carbocycles. The van der Waals surface area contributed by atoms with E-state index in [-0.39, 0.29) is 17.6 Å². The quantitative estimate of drug-likeness (QED) is 0.630. The molecule has 0 amide bonds. The first-order valence-electron chi connectivity index (χ1n) is 10.1. The number of hydroxylamine groups is 2. The first-order chi connectivity index (χ1) is 13.0. The molecule has 1 fully saturated rings. The van der Waals surface area contributed by atoms with Crippen molar-refractivity contribution in [2.24, 2.45) is 0 Å². The minimum absolute atomic E-state index is 0.000716. The van der Waals surface area contributed by atoms with Crippen LogP contribution in [0.1, 0.15) is 70.9 Å². The van der Waals surface area contributed by atoms with Gasteiger partial charge in [0.1, 0.15) is 11.6 Å². The van der Waals surface area contributed by atoms with E-state index in [1.54, 1.807) is 18.2 Å². The molecule has 152 valence electrons. The van der Waals surface area contributed by atoms with E-state index in [1.165, 1.54) is 11.1 Å². The summed E-state index contributed by atoms with van der Waals surface area (Å²) >= 11 is 0. The predicted octanol–water partition coefficient (Wildman–Crippen LogP) is 6.71. The zero-order valence-corrected chi connectivity index (χ0v) is 17.5. The van der Waals surface area contributed by atoms with Crippen molar-refractivity contribution in [3.05, 3.63) is 59.2 Å². The van der Waals surface area contributed by atoms with E-state index in [9.17, 15) is 9.60 Å². The molecule has 0 saturated carbocycles. The van der Waals surface area contributed by atoms with Crippen LogP contribution in [0.4, 0.5) is 8.78 Å². The number of hydrogen-bond donors (Lipinski definition) is 1. The molecular weight excluding hydrogens is 356 g/mol. The Balaban J connectivity index is 1.91. The minimum Gasteiger partial charge on any atom is -0.313 e. The first-order valence-corrected chi connectivity index (χ1v) is 10.1. The Labute approximate surface area is 167 Å². The van der Waals surface area contributed by atoms with Crippen molar-refractivity contribution in [2.75, 3.05) is 0 Å². The highest BCUT2D eigenvalue weighted by Crippen LogP contribution is 2.45. The minimum atomic E-state index is -0.446. The summed E-state index contributed by atoms with van der Waals surface area (Å²) in [5.41, 5.74) is 1.69. The van der Waals surface area contributed by atoms with E-state index in [4.69, 9.17) is 0 Å². The molecule has 1 aliphatic rings. The first kappa shape index (κ1) is 20.9. The second-order valence-electron chi connectivity index (χ2n) is 9.34. The summed E-state index contributed by atoms with van der Waals surface area (Å²) in [4.78, 5) is 0. The third-order valence-electron chi connectivity index (χ3n) is 5.96. The normalized spacial score (nSPS) is 19.7. The Morgan fingerprint density at radius 3 is 2.14 bits per heavy atom. The fraction of sp³-hybridized carbons (Fsp3) is 0.500. The molecule has 0 aromatic heterocycles. The molecule has 28 heavy (non-hydrogen) atoms. The van der Waals surface area contributed by atoms with Crippen LogP contribution in [0.3, 0.4) is 0 Å². The van der Waals surface area contributed by atoms with Gasteiger partial charge < -0.3 is 5.21 Å². The molecule has 0 spiro atoms. The Kier molecular flexibility index (Phi) is 5.66. The summed E-state index contributed by atoms with van der Waals surface area (Å²) < 4.78 is 29.6. The van der Waals surface area contributed by atoms with Crippen molar-refractivity contribution in [3.8, 4) is 11.1 Å². The molecule has 3 rings (SSSR count). The third kappa shape index (κ3) is 3.99. The fourth-order valence-corrected chi connectivity index (χ4v) is 4.75. The highest BCUT2D eigenvalue weighted by Gasteiger charge is 2.45. The van der Waals surface area contributed by atoms with Gasteiger partial charge in [0.15, 0.2) is 0 Å². The fourth-order valence-electron chi connectivity index (χ4n) is 4.75. The molecule has 2 aromatic carbocycles. The van der Waals surface area contributed by atoms with E-state index in [0.717, 1.165) is 18.4 Å². The molecule has 0 atom stereocenters. The second-order valence-corrected chi connectivity index (χ2v) is 9.34. The summed E-state index contributed by atoms with van der Waals surface area (Å²) in [5.74, 6) is -0.620. The van der Waals surface area contributed by atoms with Crippen molar-refractivity contribution in [3.63, 3.8) is 0 Å². The number of rotatable bonds is 4. The van der Waals surface area contributed by atoms with Crippen molar-refractivity contribution in [1.82, 2.24) is 5.06 Å². The van der Waals surface area contributed by atoms with Crippen molar-refractivity contribution < 1.29 is 14.0 Å². The Morgan fingerprint density at radius 1 is 0.964 bits per heavy atom. The number of aryl methyl sites for hydroxylation is 1. The van der Waals surface area contributed by atoms with Gasteiger partial charge in [-0.05, 0) is 81.7 Å². The van der Waals surface area contributed by atoms with Gasteiger partial charge in [-0.2, -0.15) is 5.06 Å². The molecule has 2 aromatic rings. The predicted molar refractivity (Wildman–Crippen MR) is 110 cm³/mol. The van der Waals surface area contributed by atoms with Crippen LogP contribution < -0.4 is 0 Å². The molecule has 0 radical (unpaired) electrons. The van der Waals surface area contributed by atoms with Gasteiger partial charge in [-0.1, -0.05) is 37.6 Å². The van der Waals surface area contributed by atoms with Crippen LogP contribution in [0.2, 0.25) is 0 Å². The lowest BCUT2D eigenvalue weighted by Crippen LogP contribution is -2.58. The average Bonchev–Trinajstić information content (AvgIpc) is 2.59. The highest BCUT2D eigenvalue weighted by atomic mass is 19.1. The van der Waals surface area contributed by atoms with Crippen molar-refractivity contribution >= 4 is 0 Å². The van der Waals surface area contributed by atoms with Crippen molar-refractivity contribution in [1.29, 1.82) is 0 Å². The number of nitrogens with zero attached hydrogens (tertiary/aromatic N) is 1. The topological polar surface area (TPSA) is 23.5 Å². The zero-order valence-electron chi connectivity index (χ0n) is 17.5.